The lowest BCUT2D eigenvalue weighted by molar-refractivity contribution is -0.140. The third kappa shape index (κ3) is 1.45. The van der Waals surface area contributed by atoms with Crippen LogP contribution in [0.15, 0.2) is 0 Å². The predicted molar refractivity (Wildman–Crippen MR) is 45.8 cm³/mol. The number of hydrogen-bond donors (Lipinski definition) is 0. The Morgan fingerprint density at radius 3 is 2.83 bits per heavy atom. The van der Waals surface area contributed by atoms with Crippen molar-refractivity contribution in [3.8, 4) is 5.97 Å². The molecule has 0 amide bonds. The molecule has 1 heterocycles. The first-order valence-electron chi connectivity index (χ1n) is 4.18. The van der Waals surface area contributed by atoms with E-state index < -0.39 is 0 Å². The number of methoxy groups -OCH3 is 1. The van der Waals surface area contributed by atoms with Gasteiger partial charge in [-0.1, -0.05) is 13.3 Å². The van der Waals surface area contributed by atoms with Crippen LogP contribution in [0.4, 0.5) is 0 Å². The summed E-state index contributed by atoms with van der Waals surface area (Å²) >= 11 is 0. The Hall–Kier alpha value is -0.975. The average molecular weight is 165 g/mol. The first kappa shape index (κ1) is 9.12. The second-order valence-electron chi connectivity index (χ2n) is 3.34. The van der Waals surface area contributed by atoms with Crippen LogP contribution in [0.25, 0.3) is 0 Å². The van der Waals surface area contributed by atoms with E-state index in [9.17, 15) is 4.79 Å². The van der Waals surface area contributed by atoms with E-state index in [0.717, 1.165) is 12.8 Å². The summed E-state index contributed by atoms with van der Waals surface area (Å²) in [4.78, 5) is 11.2. The molecule has 2 unspecified atom stereocenters. The molecule has 0 aromatic heterocycles. The molecule has 0 bridgehead atoms. The van der Waals surface area contributed by atoms with Gasteiger partial charge in [0.2, 0.25) is 0 Å². The fourth-order valence-corrected chi connectivity index (χ4v) is 1.83. The molecule has 12 heavy (non-hydrogen) atoms. The lowest BCUT2D eigenvalue weighted by atomic mass is 9.39. The van der Waals surface area contributed by atoms with E-state index in [1.54, 1.807) is 0 Å². The maximum Gasteiger partial charge on any atom is 0.302 e. The number of nitriles is 1. The quantitative estimate of drug-likeness (QED) is 0.434. The Morgan fingerprint density at radius 1 is 1.67 bits per heavy atom. The van der Waals surface area contributed by atoms with Crippen molar-refractivity contribution >= 4 is 12.7 Å². The van der Waals surface area contributed by atoms with Gasteiger partial charge in [0.05, 0.1) is 12.9 Å². The normalized spacial score (nSPS) is 28.2. The summed E-state index contributed by atoms with van der Waals surface area (Å²) < 4.78 is 4.62. The van der Waals surface area contributed by atoms with Crippen molar-refractivity contribution in [2.24, 2.45) is 0 Å². The standard InChI is InChI=1S/C8H12BNO2/c1-6-3-4-7(8(11)12-2)9(6)5-10/h6-7H,3-4H2,1-2H3. The molecule has 1 aliphatic rings. The Balaban J connectivity index is 2.68. The van der Waals surface area contributed by atoms with Crippen molar-refractivity contribution in [3.63, 3.8) is 0 Å². The maximum absolute atomic E-state index is 11.2. The van der Waals surface area contributed by atoms with Gasteiger partial charge in [-0.05, 0) is 12.2 Å². The summed E-state index contributed by atoms with van der Waals surface area (Å²) in [5.41, 5.74) is 0. The van der Waals surface area contributed by atoms with Crippen molar-refractivity contribution < 1.29 is 9.53 Å². The zero-order chi connectivity index (χ0) is 9.14. The number of hydrogen-bond acceptors (Lipinski definition) is 3. The van der Waals surface area contributed by atoms with E-state index in [0.29, 0.717) is 5.82 Å². The van der Waals surface area contributed by atoms with Gasteiger partial charge >= 0.3 is 5.97 Å². The zero-order valence-corrected chi connectivity index (χ0v) is 7.41. The summed E-state index contributed by atoms with van der Waals surface area (Å²) in [6.45, 7) is 1.87. The molecule has 0 aliphatic carbocycles. The number of carbonyl (C=O) groups excluding carboxylic acids is 1. The minimum absolute atomic E-state index is 0.141. The lowest BCUT2D eigenvalue weighted by Crippen LogP contribution is -2.24. The van der Waals surface area contributed by atoms with E-state index >= 15 is 0 Å². The van der Waals surface area contributed by atoms with Gasteiger partial charge in [-0.2, -0.15) is 0 Å². The van der Waals surface area contributed by atoms with E-state index in [1.165, 1.54) is 7.11 Å². The van der Waals surface area contributed by atoms with Crippen LogP contribution in [0.1, 0.15) is 19.8 Å². The smallest absolute Gasteiger partial charge is 0.302 e. The number of rotatable bonds is 1. The third-order valence-electron chi connectivity index (χ3n) is 2.63. The molecule has 1 saturated heterocycles. The molecule has 0 radical (unpaired) electrons. The van der Waals surface area contributed by atoms with Crippen molar-refractivity contribution in [1.29, 1.82) is 5.26 Å². The second kappa shape index (κ2) is 3.62. The highest BCUT2D eigenvalue weighted by molar-refractivity contribution is 6.73. The summed E-state index contributed by atoms with van der Waals surface area (Å²) in [6.07, 6.45) is 1.75. The molecule has 64 valence electrons. The molecule has 0 N–H and O–H groups in total. The molecular formula is C8H12BNO2. The van der Waals surface area contributed by atoms with Gasteiger partial charge in [-0.25, -0.2) is 5.26 Å². The molecular weight excluding hydrogens is 153 g/mol. The van der Waals surface area contributed by atoms with Crippen LogP contribution in [0.2, 0.25) is 11.6 Å². The molecule has 0 aromatic carbocycles. The van der Waals surface area contributed by atoms with Crippen LogP contribution < -0.4 is 0 Å². The van der Waals surface area contributed by atoms with E-state index in [2.05, 4.69) is 10.7 Å². The number of carbonyl (C=O) groups is 1. The lowest BCUT2D eigenvalue weighted by Gasteiger charge is -2.08. The molecule has 1 rings (SSSR count). The van der Waals surface area contributed by atoms with Gasteiger partial charge in [-0.3, -0.25) is 4.79 Å². The van der Waals surface area contributed by atoms with Crippen LogP contribution in [-0.2, 0) is 9.53 Å². The predicted octanol–water partition coefficient (Wildman–Crippen LogP) is 1.27. The highest BCUT2D eigenvalue weighted by atomic mass is 16.5. The monoisotopic (exact) mass is 165 g/mol. The van der Waals surface area contributed by atoms with E-state index in [1.807, 2.05) is 6.92 Å². The van der Waals surface area contributed by atoms with Crippen molar-refractivity contribution in [2.75, 3.05) is 7.11 Å². The zero-order valence-electron chi connectivity index (χ0n) is 7.41. The van der Waals surface area contributed by atoms with Gasteiger partial charge in [0.25, 0.3) is 6.71 Å². The SMILES string of the molecule is COC(=O)C1CCC(C)B1C#N. The van der Waals surface area contributed by atoms with Crippen LogP contribution in [-0.4, -0.2) is 19.8 Å². The van der Waals surface area contributed by atoms with Crippen molar-refractivity contribution in [3.05, 3.63) is 0 Å². The fraction of sp³-hybridized carbons (Fsp3) is 0.750. The van der Waals surface area contributed by atoms with Crippen LogP contribution in [0.5, 0.6) is 0 Å². The Kier molecular flexibility index (Phi) is 2.75. The molecule has 1 aliphatic heterocycles. The van der Waals surface area contributed by atoms with Gasteiger partial charge in [0.15, 0.2) is 0 Å². The van der Waals surface area contributed by atoms with Gasteiger partial charge in [0, 0.05) is 5.97 Å². The van der Waals surface area contributed by atoms with Crippen LogP contribution in [0.3, 0.4) is 0 Å². The van der Waals surface area contributed by atoms with Crippen LogP contribution in [0, 0.1) is 11.2 Å². The number of nitrogens with zero attached hydrogens (tertiary/aromatic N) is 1. The van der Waals surface area contributed by atoms with Gasteiger partial charge < -0.3 is 4.74 Å². The highest BCUT2D eigenvalue weighted by Crippen LogP contribution is 2.38. The number of esters is 1. The first-order chi connectivity index (χ1) is 5.70. The largest absolute Gasteiger partial charge is 0.469 e. The van der Waals surface area contributed by atoms with E-state index in [-0.39, 0.29) is 18.5 Å². The maximum atomic E-state index is 11.2. The minimum Gasteiger partial charge on any atom is -0.469 e. The first-order valence-corrected chi connectivity index (χ1v) is 4.18. The summed E-state index contributed by atoms with van der Waals surface area (Å²) in [5, 5.41) is 8.79. The summed E-state index contributed by atoms with van der Waals surface area (Å²) in [5.74, 6) is 2.09. The Labute approximate surface area is 72.8 Å². The minimum atomic E-state index is -0.231. The molecule has 0 aromatic rings. The van der Waals surface area contributed by atoms with Crippen molar-refractivity contribution in [2.45, 2.75) is 31.4 Å². The third-order valence-corrected chi connectivity index (χ3v) is 2.63. The fourth-order valence-electron chi connectivity index (χ4n) is 1.83. The van der Waals surface area contributed by atoms with Gasteiger partial charge in [-0.15, -0.1) is 0 Å². The molecule has 0 spiro atoms. The molecule has 4 heteroatoms. The number of ether oxygens (including phenoxy) is 1. The highest BCUT2D eigenvalue weighted by Gasteiger charge is 2.42. The summed E-state index contributed by atoms with van der Waals surface area (Å²) in [7, 11) is 1.37. The van der Waals surface area contributed by atoms with Crippen LogP contribution >= 0.6 is 0 Å². The molecule has 2 atom stereocenters. The van der Waals surface area contributed by atoms with E-state index in [4.69, 9.17) is 5.26 Å². The second-order valence-corrected chi connectivity index (χ2v) is 3.34. The molecule has 0 saturated carbocycles. The Morgan fingerprint density at radius 2 is 2.33 bits per heavy atom. The van der Waals surface area contributed by atoms with Gasteiger partial charge in [0.1, 0.15) is 0 Å². The van der Waals surface area contributed by atoms with Crippen molar-refractivity contribution in [1.82, 2.24) is 0 Å². The Bertz CT molecular complexity index is 224. The average Bonchev–Trinajstić information content (AvgIpc) is 2.45. The summed E-state index contributed by atoms with van der Waals surface area (Å²) in [6, 6.07) is 0. The molecule has 3 nitrogen and oxygen atoms in total. The molecule has 1 fully saturated rings. The topological polar surface area (TPSA) is 50.1 Å².